The molecule has 144 valence electrons. The van der Waals surface area contributed by atoms with E-state index in [1.165, 1.54) is 12.1 Å². The predicted molar refractivity (Wildman–Crippen MR) is 103 cm³/mol. The number of aliphatic carboxylic acids is 1. The smallest absolute Gasteiger partial charge is 0.320 e. The van der Waals surface area contributed by atoms with Crippen molar-refractivity contribution >= 4 is 17.6 Å². The van der Waals surface area contributed by atoms with Crippen LogP contribution >= 0.6 is 11.6 Å². The van der Waals surface area contributed by atoms with Crippen LogP contribution in [0.1, 0.15) is 43.4 Å². The minimum atomic E-state index is -0.846. The number of hydrogen-bond donors (Lipinski definition) is 1. The van der Waals surface area contributed by atoms with Crippen LogP contribution in [0.3, 0.4) is 0 Å². The van der Waals surface area contributed by atoms with E-state index in [9.17, 15) is 14.3 Å². The normalized spacial score (nSPS) is 18.9. The van der Waals surface area contributed by atoms with Crippen LogP contribution in [0.2, 0.25) is 5.02 Å². The maximum Gasteiger partial charge on any atom is 0.320 e. The van der Waals surface area contributed by atoms with Gasteiger partial charge in [-0.25, -0.2) is 4.39 Å². The second kappa shape index (κ2) is 8.72. The van der Waals surface area contributed by atoms with E-state index in [-0.39, 0.29) is 11.9 Å². The van der Waals surface area contributed by atoms with Crippen molar-refractivity contribution in [3.05, 3.63) is 64.4 Å². The first-order chi connectivity index (χ1) is 13.0. The van der Waals surface area contributed by atoms with Crippen molar-refractivity contribution in [2.75, 3.05) is 13.2 Å². The molecule has 1 saturated heterocycles. The largest absolute Gasteiger partial charge is 0.494 e. The lowest BCUT2D eigenvalue weighted by Gasteiger charge is -2.40. The molecule has 0 aliphatic carbocycles. The van der Waals surface area contributed by atoms with Gasteiger partial charge in [-0.2, -0.15) is 0 Å². The Balaban J connectivity index is 2.14. The molecule has 1 N–H and O–H groups in total. The van der Waals surface area contributed by atoms with Crippen LogP contribution in [0.25, 0.3) is 0 Å². The number of piperidine rings is 1. The highest BCUT2D eigenvalue weighted by atomic mass is 35.5. The molecule has 2 aromatic carbocycles. The van der Waals surface area contributed by atoms with Crippen molar-refractivity contribution in [3.8, 4) is 5.75 Å². The number of carbonyl (C=O) groups is 1. The highest BCUT2D eigenvalue weighted by molar-refractivity contribution is 6.30. The monoisotopic (exact) mass is 391 g/mol. The summed E-state index contributed by atoms with van der Waals surface area (Å²) in [7, 11) is 0. The van der Waals surface area contributed by atoms with Crippen molar-refractivity contribution in [2.24, 2.45) is 0 Å². The summed E-state index contributed by atoms with van der Waals surface area (Å²) in [5, 5.41) is 10.3. The fraction of sp³-hybridized carbons (Fsp3) is 0.381. The highest BCUT2D eigenvalue weighted by Gasteiger charge is 2.36. The van der Waals surface area contributed by atoms with Crippen molar-refractivity contribution < 1.29 is 19.0 Å². The van der Waals surface area contributed by atoms with Gasteiger partial charge in [0.2, 0.25) is 0 Å². The number of nitrogens with zero attached hydrogens (tertiary/aromatic N) is 1. The van der Waals surface area contributed by atoms with Gasteiger partial charge >= 0.3 is 5.97 Å². The van der Waals surface area contributed by atoms with Crippen LogP contribution in [-0.2, 0) is 4.79 Å². The summed E-state index contributed by atoms with van der Waals surface area (Å²) in [5.41, 5.74) is 1.61. The second-order valence-electron chi connectivity index (χ2n) is 6.66. The lowest BCUT2D eigenvalue weighted by atomic mass is 9.91. The zero-order chi connectivity index (χ0) is 19.4. The molecule has 1 heterocycles. The molecule has 2 atom stereocenters. The number of carboxylic acids is 1. The van der Waals surface area contributed by atoms with Gasteiger partial charge in [-0.3, -0.25) is 9.69 Å². The lowest BCUT2D eigenvalue weighted by molar-refractivity contribution is -0.145. The molecule has 27 heavy (non-hydrogen) atoms. The molecule has 0 aromatic heterocycles. The van der Waals surface area contributed by atoms with Gasteiger partial charge in [0.25, 0.3) is 0 Å². The van der Waals surface area contributed by atoms with Crippen LogP contribution in [0.5, 0.6) is 5.75 Å². The molecule has 1 fully saturated rings. The first-order valence-electron chi connectivity index (χ1n) is 9.17. The number of benzene rings is 2. The molecule has 2 aromatic rings. The predicted octanol–water partition coefficient (Wildman–Crippen LogP) is 4.91. The van der Waals surface area contributed by atoms with Crippen molar-refractivity contribution in [1.82, 2.24) is 4.90 Å². The molecular weight excluding hydrogens is 369 g/mol. The number of rotatable bonds is 6. The average Bonchev–Trinajstić information content (AvgIpc) is 2.66. The van der Waals surface area contributed by atoms with E-state index < -0.39 is 12.0 Å². The minimum Gasteiger partial charge on any atom is -0.494 e. The Labute approximate surface area is 163 Å². The molecule has 1 aliphatic heterocycles. The van der Waals surface area contributed by atoms with Crippen molar-refractivity contribution in [3.63, 3.8) is 0 Å². The van der Waals surface area contributed by atoms with Gasteiger partial charge in [0.15, 0.2) is 0 Å². The molecule has 6 heteroatoms. The molecule has 0 bridgehead atoms. The van der Waals surface area contributed by atoms with E-state index in [0.29, 0.717) is 30.3 Å². The maximum absolute atomic E-state index is 13.5. The number of hydrogen-bond acceptors (Lipinski definition) is 3. The molecule has 0 saturated carbocycles. The van der Waals surface area contributed by atoms with Crippen LogP contribution in [-0.4, -0.2) is 35.2 Å². The van der Waals surface area contributed by atoms with Gasteiger partial charge in [-0.15, -0.1) is 0 Å². The molecule has 3 rings (SSSR count). The first-order valence-corrected chi connectivity index (χ1v) is 9.55. The molecule has 0 amide bonds. The summed E-state index contributed by atoms with van der Waals surface area (Å²) < 4.78 is 19.3. The summed E-state index contributed by atoms with van der Waals surface area (Å²) in [6.07, 6.45) is 2.36. The number of carboxylic acid groups (broad SMARTS) is 1. The third kappa shape index (κ3) is 4.42. The summed E-state index contributed by atoms with van der Waals surface area (Å²) >= 11 is 6.26. The summed E-state index contributed by atoms with van der Waals surface area (Å²) in [6, 6.07) is 10.6. The van der Waals surface area contributed by atoms with Crippen LogP contribution < -0.4 is 4.74 Å². The second-order valence-corrected chi connectivity index (χ2v) is 7.09. The van der Waals surface area contributed by atoms with Crippen LogP contribution in [0.15, 0.2) is 42.5 Å². The number of likely N-dealkylation sites (tertiary alicyclic amines) is 1. The Kier molecular flexibility index (Phi) is 6.34. The van der Waals surface area contributed by atoms with Gasteiger partial charge in [0.05, 0.1) is 12.6 Å². The van der Waals surface area contributed by atoms with Crippen molar-refractivity contribution in [1.29, 1.82) is 0 Å². The van der Waals surface area contributed by atoms with E-state index in [1.54, 1.807) is 24.3 Å². The lowest BCUT2D eigenvalue weighted by Crippen LogP contribution is -2.46. The molecule has 0 radical (unpaired) electrons. The van der Waals surface area contributed by atoms with E-state index in [4.69, 9.17) is 16.3 Å². The number of halogens is 2. The van der Waals surface area contributed by atoms with Gasteiger partial charge in [-0.05, 0) is 62.2 Å². The number of ether oxygens (including phenoxy) is 1. The molecular formula is C21H23ClFNO3. The Morgan fingerprint density at radius 3 is 2.70 bits per heavy atom. The molecule has 4 nitrogen and oxygen atoms in total. The third-order valence-corrected chi connectivity index (χ3v) is 5.15. The van der Waals surface area contributed by atoms with Crippen molar-refractivity contribution in [2.45, 2.75) is 38.3 Å². The van der Waals surface area contributed by atoms with Gasteiger partial charge < -0.3 is 9.84 Å². The zero-order valence-electron chi connectivity index (χ0n) is 15.2. The van der Waals surface area contributed by atoms with Crippen LogP contribution in [0.4, 0.5) is 4.39 Å². The standard InChI is InChI=1S/C21H23ClFNO3/c1-2-27-19-11-8-15(22)13-17(19)20(14-6-9-16(23)10-7-14)24-12-4-3-5-18(24)21(25)26/h6-11,13,18,20H,2-5,12H2,1H3,(H,25,26). The van der Waals surface area contributed by atoms with E-state index in [0.717, 1.165) is 24.0 Å². The quantitative estimate of drug-likeness (QED) is 0.760. The van der Waals surface area contributed by atoms with Gasteiger partial charge in [0, 0.05) is 10.6 Å². The topological polar surface area (TPSA) is 49.8 Å². The van der Waals surface area contributed by atoms with Gasteiger partial charge in [0.1, 0.15) is 17.6 Å². The highest BCUT2D eigenvalue weighted by Crippen LogP contribution is 2.39. The van der Waals surface area contributed by atoms with E-state index in [2.05, 4.69) is 0 Å². The molecule has 0 spiro atoms. The summed E-state index contributed by atoms with van der Waals surface area (Å²) in [5.74, 6) is -0.519. The summed E-state index contributed by atoms with van der Waals surface area (Å²) in [4.78, 5) is 13.9. The fourth-order valence-electron chi connectivity index (χ4n) is 3.74. The Hall–Kier alpha value is -2.11. The Bertz CT molecular complexity index is 797. The Morgan fingerprint density at radius 2 is 2.04 bits per heavy atom. The molecule has 2 unspecified atom stereocenters. The zero-order valence-corrected chi connectivity index (χ0v) is 16.0. The molecule has 1 aliphatic rings. The minimum absolute atomic E-state index is 0.331. The maximum atomic E-state index is 13.5. The SMILES string of the molecule is CCOc1ccc(Cl)cc1C(c1ccc(F)cc1)N1CCCCC1C(=O)O. The average molecular weight is 392 g/mol. The van der Waals surface area contributed by atoms with Crippen LogP contribution in [0, 0.1) is 5.82 Å². The van der Waals surface area contributed by atoms with Gasteiger partial charge in [-0.1, -0.05) is 30.2 Å². The Morgan fingerprint density at radius 1 is 1.30 bits per heavy atom. The van der Waals surface area contributed by atoms with E-state index >= 15 is 0 Å². The fourth-order valence-corrected chi connectivity index (χ4v) is 3.92. The summed E-state index contributed by atoms with van der Waals surface area (Å²) in [6.45, 7) is 3.01. The third-order valence-electron chi connectivity index (χ3n) is 4.91. The van der Waals surface area contributed by atoms with E-state index in [1.807, 2.05) is 17.9 Å². The first kappa shape index (κ1) is 19.6.